The normalized spacial score (nSPS) is 12.4. The molecule has 3 aromatic carbocycles. The second-order valence-electron chi connectivity index (χ2n) is 5.28. The SMILES string of the molecule is Cc1ccccc1P[c-]1ccc2ccccc21.[C-]1=CC=CC1.[Hf+4]. The van der Waals surface area contributed by atoms with Gasteiger partial charge in [-0.25, -0.2) is 12.2 Å². The zero-order valence-corrected chi connectivity index (χ0v) is 17.8. The van der Waals surface area contributed by atoms with Crippen LogP contribution in [0.4, 0.5) is 0 Å². The number of rotatable bonds is 2. The first kappa shape index (κ1) is 18.2. The van der Waals surface area contributed by atoms with Gasteiger partial charge in [-0.2, -0.15) is 12.1 Å². The van der Waals surface area contributed by atoms with Gasteiger partial charge in [0.2, 0.25) is 0 Å². The molecule has 1 aliphatic rings. The molecule has 0 radical (unpaired) electrons. The summed E-state index contributed by atoms with van der Waals surface area (Å²) in [5.41, 5.74) is 1.39. The number of hydrogen-bond donors (Lipinski definition) is 0. The summed E-state index contributed by atoms with van der Waals surface area (Å²) in [7, 11) is 0.754. The van der Waals surface area contributed by atoms with Crippen LogP contribution in [0.1, 0.15) is 12.0 Å². The van der Waals surface area contributed by atoms with Gasteiger partial charge in [0.05, 0.1) is 0 Å². The zero-order valence-electron chi connectivity index (χ0n) is 13.2. The van der Waals surface area contributed by atoms with Gasteiger partial charge in [-0.05, 0) is 17.8 Å². The molecule has 110 valence electrons. The molecule has 4 rings (SSSR count). The molecule has 1 unspecified atom stereocenters. The van der Waals surface area contributed by atoms with Crippen LogP contribution in [0.3, 0.4) is 0 Å². The molecule has 1 aliphatic carbocycles. The molecular formula is C21H19HfP+2. The first-order chi connectivity index (χ1) is 10.8. The van der Waals surface area contributed by atoms with E-state index in [2.05, 4.69) is 79.7 Å². The van der Waals surface area contributed by atoms with Gasteiger partial charge in [-0.1, -0.05) is 30.3 Å². The fourth-order valence-electron chi connectivity index (χ4n) is 2.46. The third kappa shape index (κ3) is 4.90. The Bertz CT molecular complexity index is 801. The van der Waals surface area contributed by atoms with Gasteiger partial charge in [0, 0.05) is 0 Å². The van der Waals surface area contributed by atoms with E-state index in [9.17, 15) is 0 Å². The largest absolute Gasteiger partial charge is 4.00 e. The molecule has 0 saturated carbocycles. The third-order valence-electron chi connectivity index (χ3n) is 3.68. The molecule has 3 aromatic rings. The molecule has 0 aliphatic heterocycles. The van der Waals surface area contributed by atoms with Gasteiger partial charge < -0.3 is 0 Å². The number of aryl methyl sites for hydroxylation is 1. The summed E-state index contributed by atoms with van der Waals surface area (Å²) in [5, 5.41) is 5.65. The van der Waals surface area contributed by atoms with Crippen LogP contribution in [0.5, 0.6) is 0 Å². The van der Waals surface area contributed by atoms with Crippen molar-refractivity contribution in [3.05, 3.63) is 90.5 Å². The maximum absolute atomic E-state index is 2.99. The van der Waals surface area contributed by atoms with Gasteiger partial charge in [0.1, 0.15) is 0 Å². The van der Waals surface area contributed by atoms with Crippen LogP contribution in [0.2, 0.25) is 0 Å². The molecule has 0 saturated heterocycles. The van der Waals surface area contributed by atoms with E-state index < -0.39 is 0 Å². The van der Waals surface area contributed by atoms with E-state index >= 15 is 0 Å². The maximum Gasteiger partial charge on any atom is 4.00 e. The van der Waals surface area contributed by atoms with Crippen molar-refractivity contribution in [3.63, 3.8) is 0 Å². The van der Waals surface area contributed by atoms with Crippen molar-refractivity contribution in [3.8, 4) is 0 Å². The number of allylic oxidation sites excluding steroid dienone is 4. The summed E-state index contributed by atoms with van der Waals surface area (Å²) < 4.78 is 0. The van der Waals surface area contributed by atoms with E-state index in [1.807, 2.05) is 12.2 Å². The van der Waals surface area contributed by atoms with E-state index in [1.165, 1.54) is 26.9 Å². The standard InChI is InChI=1S/C16H14P.C5H5.Hf/c1-12-6-2-5-9-15(12)17-16-11-10-13-7-3-4-8-14(13)16;1-2-4-5-3-1;/h2-11,17H,1H3;1-3H,4H2;/q2*-1;+4. The average Bonchev–Trinajstić information content (AvgIpc) is 3.23. The first-order valence-electron chi connectivity index (χ1n) is 7.53. The molecule has 0 heterocycles. The first-order valence-corrected chi connectivity index (χ1v) is 8.53. The maximum atomic E-state index is 2.99. The van der Waals surface area contributed by atoms with Crippen LogP contribution in [0.15, 0.2) is 78.9 Å². The fourth-order valence-corrected chi connectivity index (χ4v) is 3.74. The Hall–Kier alpha value is -1.17. The molecule has 0 aromatic heterocycles. The molecule has 23 heavy (non-hydrogen) atoms. The van der Waals surface area contributed by atoms with Gasteiger partial charge in [-0.3, -0.25) is 6.08 Å². The zero-order chi connectivity index (χ0) is 15.2. The van der Waals surface area contributed by atoms with E-state index in [-0.39, 0.29) is 25.8 Å². The molecule has 1 atom stereocenters. The second kappa shape index (κ2) is 9.21. The molecule has 0 bridgehead atoms. The molecular weight excluding hydrogens is 462 g/mol. The quantitative estimate of drug-likeness (QED) is 0.281. The van der Waals surface area contributed by atoms with Gasteiger partial charge in [0.25, 0.3) is 0 Å². The van der Waals surface area contributed by atoms with Gasteiger partial charge in [0.15, 0.2) is 0 Å². The Labute approximate surface area is 159 Å². The monoisotopic (exact) mass is 482 g/mol. The van der Waals surface area contributed by atoms with E-state index in [1.54, 1.807) is 0 Å². The van der Waals surface area contributed by atoms with E-state index in [4.69, 9.17) is 0 Å². The molecule has 0 amide bonds. The Balaban J connectivity index is 0.000000276. The third-order valence-corrected chi connectivity index (χ3v) is 5.22. The van der Waals surface area contributed by atoms with Crippen molar-refractivity contribution in [2.75, 3.05) is 0 Å². The van der Waals surface area contributed by atoms with Crippen LogP contribution < -0.4 is 10.6 Å². The second-order valence-corrected chi connectivity index (χ2v) is 6.60. The van der Waals surface area contributed by atoms with Gasteiger partial charge >= 0.3 is 25.8 Å². The van der Waals surface area contributed by atoms with Crippen LogP contribution in [0.25, 0.3) is 10.8 Å². The summed E-state index contributed by atoms with van der Waals surface area (Å²) in [4.78, 5) is 0. The smallest absolute Gasteiger partial charge is 0.273 e. The fraction of sp³-hybridized carbons (Fsp3) is 0.0952. The van der Waals surface area contributed by atoms with Crippen LogP contribution in [-0.2, 0) is 25.8 Å². The Kier molecular flexibility index (Phi) is 7.27. The Morgan fingerprint density at radius 1 is 1.00 bits per heavy atom. The number of fused-ring (bicyclic) bond motifs is 1. The minimum atomic E-state index is 0. The topological polar surface area (TPSA) is 0 Å². The minimum Gasteiger partial charge on any atom is -0.273 e. The minimum absolute atomic E-state index is 0. The van der Waals surface area contributed by atoms with Crippen LogP contribution >= 0.6 is 8.58 Å². The van der Waals surface area contributed by atoms with E-state index in [0.29, 0.717) is 0 Å². The number of benzene rings is 2. The summed E-state index contributed by atoms with van der Waals surface area (Å²) in [6.45, 7) is 2.19. The van der Waals surface area contributed by atoms with Crippen molar-refractivity contribution < 1.29 is 25.8 Å². The predicted octanol–water partition coefficient (Wildman–Crippen LogP) is 4.80. The molecule has 0 N–H and O–H groups in total. The van der Waals surface area contributed by atoms with Crippen molar-refractivity contribution in [2.45, 2.75) is 13.3 Å². The molecule has 2 heteroatoms. The average molecular weight is 481 g/mol. The van der Waals surface area contributed by atoms with Crippen LogP contribution in [-0.4, -0.2) is 0 Å². The van der Waals surface area contributed by atoms with Crippen molar-refractivity contribution >= 4 is 30.0 Å². The Morgan fingerprint density at radius 3 is 2.48 bits per heavy atom. The van der Waals surface area contributed by atoms with Crippen molar-refractivity contribution in [2.24, 2.45) is 0 Å². The Morgan fingerprint density at radius 2 is 1.78 bits per heavy atom. The molecule has 0 fully saturated rings. The summed E-state index contributed by atoms with van der Waals surface area (Å²) in [6.07, 6.45) is 10.0. The summed E-state index contributed by atoms with van der Waals surface area (Å²) in [5.74, 6) is 0. The van der Waals surface area contributed by atoms with Gasteiger partial charge in [-0.15, -0.1) is 55.3 Å². The molecule has 0 spiro atoms. The number of hydrogen-bond acceptors (Lipinski definition) is 0. The summed E-state index contributed by atoms with van der Waals surface area (Å²) in [6, 6.07) is 21.7. The molecule has 0 nitrogen and oxygen atoms in total. The van der Waals surface area contributed by atoms with Crippen LogP contribution in [0, 0.1) is 13.0 Å². The van der Waals surface area contributed by atoms with Crippen molar-refractivity contribution in [1.29, 1.82) is 0 Å². The summed E-state index contributed by atoms with van der Waals surface area (Å²) >= 11 is 0. The van der Waals surface area contributed by atoms with E-state index in [0.717, 1.165) is 15.0 Å². The predicted molar refractivity (Wildman–Crippen MR) is 99.9 cm³/mol. The van der Waals surface area contributed by atoms with Crippen molar-refractivity contribution in [1.82, 2.24) is 0 Å².